The molecule has 4 heteroatoms. The molecule has 2 aromatic rings. The minimum absolute atomic E-state index is 0.373. The van der Waals surface area contributed by atoms with Gasteiger partial charge in [0.1, 0.15) is 5.54 Å². The molecule has 0 saturated carbocycles. The summed E-state index contributed by atoms with van der Waals surface area (Å²) < 4.78 is 0. The molecular weight excluding hydrogens is 284 g/mol. The van der Waals surface area contributed by atoms with Crippen LogP contribution in [0, 0.1) is 0 Å². The van der Waals surface area contributed by atoms with E-state index in [0.717, 1.165) is 5.69 Å². The Labute approximate surface area is 136 Å². The van der Waals surface area contributed by atoms with Crippen molar-refractivity contribution in [2.24, 2.45) is 10.3 Å². The van der Waals surface area contributed by atoms with E-state index in [1.165, 1.54) is 11.3 Å². The van der Waals surface area contributed by atoms with Gasteiger partial charge >= 0.3 is 0 Å². The van der Waals surface area contributed by atoms with Crippen molar-refractivity contribution in [1.29, 1.82) is 0 Å². The van der Waals surface area contributed by atoms with Crippen molar-refractivity contribution in [1.82, 2.24) is 0 Å². The molecule has 0 bridgehead atoms. The summed E-state index contributed by atoms with van der Waals surface area (Å²) in [7, 11) is 2.12. The van der Waals surface area contributed by atoms with Gasteiger partial charge in [-0.1, -0.05) is 47.7 Å². The Bertz CT molecular complexity index is 794. The average Bonchev–Trinajstić information content (AvgIpc) is 2.84. The second-order valence-corrected chi connectivity index (χ2v) is 6.57. The molecule has 0 amide bonds. The third-order valence-corrected chi connectivity index (χ3v) is 4.91. The zero-order chi connectivity index (χ0) is 16.1. The van der Waals surface area contributed by atoms with Crippen LogP contribution >= 0.6 is 0 Å². The molecular formula is C19H20N4. The van der Waals surface area contributed by atoms with Crippen LogP contribution in [0.3, 0.4) is 0 Å². The molecule has 2 heterocycles. The highest BCUT2D eigenvalue weighted by Crippen LogP contribution is 2.48. The zero-order valence-electron chi connectivity index (χ0n) is 13.6. The van der Waals surface area contributed by atoms with Crippen molar-refractivity contribution in [3.63, 3.8) is 0 Å². The van der Waals surface area contributed by atoms with Crippen LogP contribution < -0.4 is 9.91 Å². The predicted molar refractivity (Wildman–Crippen MR) is 94.5 cm³/mol. The van der Waals surface area contributed by atoms with Gasteiger partial charge in [0.05, 0.1) is 5.69 Å². The van der Waals surface area contributed by atoms with Gasteiger partial charge < -0.3 is 4.90 Å². The van der Waals surface area contributed by atoms with Crippen molar-refractivity contribution in [3.05, 3.63) is 66.2 Å². The summed E-state index contributed by atoms with van der Waals surface area (Å²) in [6.45, 7) is 4.27. The van der Waals surface area contributed by atoms with Crippen molar-refractivity contribution in [2.75, 3.05) is 17.0 Å². The van der Waals surface area contributed by atoms with E-state index in [1.54, 1.807) is 0 Å². The van der Waals surface area contributed by atoms with E-state index in [1.807, 2.05) is 23.2 Å². The van der Waals surface area contributed by atoms with Gasteiger partial charge in [-0.05, 0) is 43.7 Å². The maximum atomic E-state index is 4.58. The molecule has 2 aromatic carbocycles. The van der Waals surface area contributed by atoms with Gasteiger partial charge in [-0.2, -0.15) is 5.11 Å². The average molecular weight is 304 g/mol. The van der Waals surface area contributed by atoms with E-state index in [-0.39, 0.29) is 5.54 Å². The van der Waals surface area contributed by atoms with Crippen molar-refractivity contribution in [2.45, 2.75) is 25.0 Å². The lowest BCUT2D eigenvalue weighted by Gasteiger charge is -2.50. The van der Waals surface area contributed by atoms with E-state index < -0.39 is 5.66 Å². The molecule has 0 fully saturated rings. The number of nitrogens with zero attached hydrogens (tertiary/aromatic N) is 4. The van der Waals surface area contributed by atoms with Crippen LogP contribution in [0.5, 0.6) is 0 Å². The maximum absolute atomic E-state index is 4.58. The highest BCUT2D eigenvalue weighted by molar-refractivity contribution is 5.76. The molecule has 4 rings (SSSR count). The summed E-state index contributed by atoms with van der Waals surface area (Å²) in [4.78, 5) is 2.29. The van der Waals surface area contributed by atoms with E-state index in [9.17, 15) is 0 Å². The first-order valence-corrected chi connectivity index (χ1v) is 7.86. The summed E-state index contributed by atoms with van der Waals surface area (Å²) in [6.07, 6.45) is 4.41. The molecule has 4 nitrogen and oxygen atoms in total. The third kappa shape index (κ3) is 1.78. The summed E-state index contributed by atoms with van der Waals surface area (Å²) in [5.41, 5.74) is 2.62. The largest absolute Gasteiger partial charge is 0.344 e. The smallest absolute Gasteiger partial charge is 0.182 e. The molecule has 2 aliphatic heterocycles. The molecule has 1 atom stereocenters. The molecule has 2 aliphatic rings. The Hall–Kier alpha value is -2.62. The normalized spacial score (nSPS) is 24.3. The number of hydrogen-bond donors (Lipinski definition) is 0. The van der Waals surface area contributed by atoms with Gasteiger partial charge in [-0.3, -0.25) is 0 Å². The highest BCUT2D eigenvalue weighted by atomic mass is 15.7. The number of rotatable bonds is 1. The fourth-order valence-corrected chi connectivity index (χ4v) is 3.64. The van der Waals surface area contributed by atoms with Crippen LogP contribution in [0.4, 0.5) is 11.4 Å². The Balaban J connectivity index is 1.91. The van der Waals surface area contributed by atoms with Crippen LogP contribution in [0.1, 0.15) is 19.4 Å². The Kier molecular flexibility index (Phi) is 2.85. The second-order valence-electron chi connectivity index (χ2n) is 6.57. The predicted octanol–water partition coefficient (Wildman–Crippen LogP) is 4.51. The quantitative estimate of drug-likeness (QED) is 0.776. The first kappa shape index (κ1) is 14.0. The fourth-order valence-electron chi connectivity index (χ4n) is 3.64. The minimum Gasteiger partial charge on any atom is -0.344 e. The fraction of sp³-hybridized carbons (Fsp3) is 0.263. The third-order valence-electron chi connectivity index (χ3n) is 4.91. The summed E-state index contributed by atoms with van der Waals surface area (Å²) in [5.74, 6) is 0. The lowest BCUT2D eigenvalue weighted by atomic mass is 9.82. The minimum atomic E-state index is -0.456. The van der Waals surface area contributed by atoms with Crippen LogP contribution in [0.2, 0.25) is 0 Å². The number of fused-ring (bicyclic) bond motifs is 1. The standard InChI is InChI=1S/C19H20N4/c1-18(2)19(23(21-20-18)16-10-5-4-6-11-16)14-13-15-9-7-8-12-17(15)22(19)3/h4-14H,1-3H3. The molecule has 1 spiro atoms. The zero-order valence-corrected chi connectivity index (χ0v) is 13.6. The van der Waals surface area contributed by atoms with Gasteiger partial charge in [0.2, 0.25) is 0 Å². The van der Waals surface area contributed by atoms with Crippen LogP contribution in [0.25, 0.3) is 6.08 Å². The van der Waals surface area contributed by atoms with E-state index in [0.29, 0.717) is 0 Å². The topological polar surface area (TPSA) is 31.2 Å². The van der Waals surface area contributed by atoms with Crippen LogP contribution in [-0.4, -0.2) is 18.2 Å². The first-order valence-electron chi connectivity index (χ1n) is 7.86. The number of para-hydroxylation sites is 2. The monoisotopic (exact) mass is 304 g/mol. The van der Waals surface area contributed by atoms with E-state index in [2.05, 4.69) is 84.7 Å². The van der Waals surface area contributed by atoms with Gasteiger partial charge in [0, 0.05) is 12.7 Å². The SMILES string of the molecule is CN1c2ccccc2C=CC12N(c1ccccc1)N=NC2(C)C. The van der Waals surface area contributed by atoms with Crippen LogP contribution in [0.15, 0.2) is 71.0 Å². The molecule has 0 N–H and O–H groups in total. The molecule has 0 aromatic heterocycles. The molecule has 23 heavy (non-hydrogen) atoms. The van der Waals surface area contributed by atoms with Crippen molar-refractivity contribution in [3.8, 4) is 0 Å². The molecule has 1 unspecified atom stereocenters. The second kappa shape index (κ2) is 4.69. The summed E-state index contributed by atoms with van der Waals surface area (Å²) >= 11 is 0. The van der Waals surface area contributed by atoms with Gasteiger partial charge in [0.25, 0.3) is 0 Å². The number of anilines is 2. The lowest BCUT2D eigenvalue weighted by molar-refractivity contribution is 0.342. The van der Waals surface area contributed by atoms with Gasteiger partial charge in [-0.25, -0.2) is 5.01 Å². The molecule has 116 valence electrons. The molecule has 0 radical (unpaired) electrons. The number of hydrogen-bond acceptors (Lipinski definition) is 4. The van der Waals surface area contributed by atoms with Crippen molar-refractivity contribution >= 4 is 17.5 Å². The van der Waals surface area contributed by atoms with Crippen molar-refractivity contribution < 1.29 is 0 Å². The highest BCUT2D eigenvalue weighted by Gasteiger charge is 2.57. The summed E-state index contributed by atoms with van der Waals surface area (Å²) in [5, 5.41) is 11.1. The van der Waals surface area contributed by atoms with E-state index in [4.69, 9.17) is 0 Å². The van der Waals surface area contributed by atoms with Gasteiger partial charge in [0.15, 0.2) is 5.66 Å². The maximum Gasteiger partial charge on any atom is 0.182 e. The number of likely N-dealkylation sites (N-methyl/N-ethyl adjacent to an activating group) is 1. The van der Waals surface area contributed by atoms with E-state index >= 15 is 0 Å². The Morgan fingerprint density at radius 2 is 1.61 bits per heavy atom. The Morgan fingerprint density at radius 1 is 0.913 bits per heavy atom. The lowest BCUT2D eigenvalue weighted by Crippen LogP contribution is -2.65. The molecule has 0 aliphatic carbocycles. The number of benzene rings is 2. The summed E-state index contributed by atoms with van der Waals surface area (Å²) in [6, 6.07) is 18.7. The molecule has 0 saturated heterocycles. The first-order chi connectivity index (χ1) is 11.1. The Morgan fingerprint density at radius 3 is 2.39 bits per heavy atom. The van der Waals surface area contributed by atoms with Gasteiger partial charge in [-0.15, -0.1) is 0 Å². The van der Waals surface area contributed by atoms with Crippen LogP contribution in [-0.2, 0) is 0 Å².